The Labute approximate surface area is 161 Å². The van der Waals surface area contributed by atoms with Crippen LogP contribution in [0.25, 0.3) is 0 Å². The smallest absolute Gasteiger partial charge is 0.319 e. The largest absolute Gasteiger partial charge is 0.460 e. The Kier molecular flexibility index (Phi) is 7.36. The number of amides is 1. The molecule has 0 fully saturated rings. The van der Waals surface area contributed by atoms with E-state index in [1.807, 2.05) is 31.2 Å². The van der Waals surface area contributed by atoms with Crippen LogP contribution in [0, 0.1) is 17.0 Å². The van der Waals surface area contributed by atoms with Crippen molar-refractivity contribution in [1.82, 2.24) is 0 Å². The molecule has 0 heterocycles. The molecule has 0 spiro atoms. The first-order valence-corrected chi connectivity index (χ1v) is 9.28. The van der Waals surface area contributed by atoms with Gasteiger partial charge in [0.1, 0.15) is 11.9 Å². The highest BCUT2D eigenvalue weighted by Crippen LogP contribution is 2.16. The average Bonchev–Trinajstić information content (AvgIpc) is 2.66. The van der Waals surface area contributed by atoms with Crippen LogP contribution in [0.4, 0.5) is 11.4 Å². The van der Waals surface area contributed by atoms with Gasteiger partial charge in [-0.05, 0) is 43.7 Å². The zero-order valence-electron chi connectivity index (χ0n) is 15.0. The Hall–Kier alpha value is -2.87. The second-order valence-corrected chi connectivity index (χ2v) is 7.23. The summed E-state index contributed by atoms with van der Waals surface area (Å²) in [5, 5.41) is 12.9. The first-order valence-electron chi connectivity index (χ1n) is 8.23. The second kappa shape index (κ2) is 9.72. The van der Waals surface area contributed by atoms with Gasteiger partial charge in [0.15, 0.2) is 0 Å². The van der Waals surface area contributed by atoms with Gasteiger partial charge in [0, 0.05) is 17.8 Å². The third-order valence-corrected chi connectivity index (χ3v) is 4.78. The third kappa shape index (κ3) is 6.74. The lowest BCUT2D eigenvalue weighted by Crippen LogP contribution is -2.21. The summed E-state index contributed by atoms with van der Waals surface area (Å²) in [7, 11) is 0. The second-order valence-electron chi connectivity index (χ2n) is 5.90. The number of anilines is 1. The number of aryl methyl sites for hydroxylation is 1. The zero-order valence-corrected chi connectivity index (χ0v) is 15.8. The highest BCUT2D eigenvalue weighted by molar-refractivity contribution is 8.01. The van der Waals surface area contributed by atoms with Gasteiger partial charge in [-0.3, -0.25) is 19.7 Å². The number of ether oxygens (including phenoxy) is 1. The fraction of sp³-hybridized carbons (Fsp3) is 0.263. The van der Waals surface area contributed by atoms with Gasteiger partial charge in [-0.15, -0.1) is 11.8 Å². The van der Waals surface area contributed by atoms with Crippen LogP contribution in [0.1, 0.15) is 18.1 Å². The molecule has 0 unspecified atom stereocenters. The van der Waals surface area contributed by atoms with Crippen molar-refractivity contribution in [2.45, 2.75) is 25.7 Å². The number of benzene rings is 2. The highest BCUT2D eigenvalue weighted by atomic mass is 32.2. The van der Waals surface area contributed by atoms with Gasteiger partial charge in [0.2, 0.25) is 5.91 Å². The van der Waals surface area contributed by atoms with Crippen molar-refractivity contribution in [2.75, 3.05) is 11.1 Å². The Balaban J connectivity index is 1.73. The predicted octanol–water partition coefficient (Wildman–Crippen LogP) is 3.71. The molecule has 2 rings (SSSR count). The molecule has 0 radical (unpaired) electrons. The summed E-state index contributed by atoms with van der Waals surface area (Å²) in [5.41, 5.74) is 2.45. The van der Waals surface area contributed by atoms with Gasteiger partial charge >= 0.3 is 5.97 Å². The standard InChI is InChI=1S/C19H20N2O5S/c1-13-3-7-16(8-4-13)20-18(22)12-27-14(2)19(23)26-11-15-5-9-17(10-6-15)21(24)25/h3-10,14H,11-12H2,1-2H3,(H,20,22)/t14-/m0/s1. The zero-order chi connectivity index (χ0) is 19.8. The molecule has 2 aromatic carbocycles. The Morgan fingerprint density at radius 2 is 1.78 bits per heavy atom. The van der Waals surface area contributed by atoms with E-state index in [2.05, 4.69) is 5.32 Å². The van der Waals surface area contributed by atoms with E-state index < -0.39 is 16.1 Å². The summed E-state index contributed by atoms with van der Waals surface area (Å²) < 4.78 is 5.19. The molecule has 1 N–H and O–H groups in total. The molecule has 0 bridgehead atoms. The Bertz CT molecular complexity index is 806. The molecule has 0 saturated heterocycles. The fourth-order valence-corrected chi connectivity index (χ4v) is 2.77. The number of non-ortho nitro benzene ring substituents is 1. The van der Waals surface area contributed by atoms with Crippen molar-refractivity contribution in [1.29, 1.82) is 0 Å². The maximum absolute atomic E-state index is 12.0. The summed E-state index contributed by atoms with van der Waals surface area (Å²) in [6.45, 7) is 3.66. The van der Waals surface area contributed by atoms with Crippen LogP contribution in [0.2, 0.25) is 0 Å². The predicted molar refractivity (Wildman–Crippen MR) is 105 cm³/mol. The number of carbonyl (C=O) groups excluding carboxylic acids is 2. The molecule has 7 nitrogen and oxygen atoms in total. The van der Waals surface area contributed by atoms with Crippen LogP contribution in [0.5, 0.6) is 0 Å². The Morgan fingerprint density at radius 1 is 1.15 bits per heavy atom. The molecule has 1 amide bonds. The SMILES string of the molecule is Cc1ccc(NC(=O)CS[C@@H](C)C(=O)OCc2ccc([N+](=O)[O-])cc2)cc1. The Morgan fingerprint density at radius 3 is 2.37 bits per heavy atom. The third-order valence-electron chi connectivity index (χ3n) is 3.66. The van der Waals surface area contributed by atoms with Gasteiger partial charge in [0.05, 0.1) is 10.7 Å². The van der Waals surface area contributed by atoms with Crippen LogP contribution < -0.4 is 5.32 Å². The molecular formula is C19H20N2O5S. The van der Waals surface area contributed by atoms with Crippen molar-refractivity contribution >= 4 is 35.0 Å². The van der Waals surface area contributed by atoms with E-state index in [0.717, 1.165) is 5.56 Å². The minimum Gasteiger partial charge on any atom is -0.460 e. The van der Waals surface area contributed by atoms with E-state index in [4.69, 9.17) is 4.74 Å². The first-order chi connectivity index (χ1) is 12.8. The molecule has 0 aromatic heterocycles. The number of hydrogen-bond donors (Lipinski definition) is 1. The van der Waals surface area contributed by atoms with Crippen LogP contribution in [-0.2, 0) is 20.9 Å². The molecular weight excluding hydrogens is 368 g/mol. The molecule has 0 aliphatic carbocycles. The lowest BCUT2D eigenvalue weighted by molar-refractivity contribution is -0.384. The van der Waals surface area contributed by atoms with Crippen molar-refractivity contribution in [2.24, 2.45) is 0 Å². The number of nitrogens with one attached hydrogen (secondary N) is 1. The molecule has 142 valence electrons. The number of nitro groups is 1. The fourth-order valence-electron chi connectivity index (χ4n) is 2.09. The molecule has 0 aliphatic rings. The number of hydrogen-bond acceptors (Lipinski definition) is 6. The summed E-state index contributed by atoms with van der Waals surface area (Å²) in [4.78, 5) is 34.1. The van der Waals surface area contributed by atoms with E-state index in [0.29, 0.717) is 11.3 Å². The van der Waals surface area contributed by atoms with Crippen LogP contribution in [0.15, 0.2) is 48.5 Å². The lowest BCUT2D eigenvalue weighted by Gasteiger charge is -2.11. The molecule has 2 aromatic rings. The van der Waals surface area contributed by atoms with Crippen LogP contribution in [0.3, 0.4) is 0 Å². The molecule has 1 atom stereocenters. The quantitative estimate of drug-likeness (QED) is 0.420. The summed E-state index contributed by atoms with van der Waals surface area (Å²) in [5.74, 6) is -0.512. The maximum atomic E-state index is 12.0. The maximum Gasteiger partial charge on any atom is 0.319 e. The van der Waals surface area contributed by atoms with E-state index >= 15 is 0 Å². The average molecular weight is 388 g/mol. The van der Waals surface area contributed by atoms with E-state index in [9.17, 15) is 19.7 Å². The molecule has 27 heavy (non-hydrogen) atoms. The molecule has 0 saturated carbocycles. The van der Waals surface area contributed by atoms with E-state index in [1.54, 1.807) is 6.92 Å². The number of carbonyl (C=O) groups is 2. The van der Waals surface area contributed by atoms with Gasteiger partial charge in [0.25, 0.3) is 5.69 Å². The monoisotopic (exact) mass is 388 g/mol. The highest BCUT2D eigenvalue weighted by Gasteiger charge is 2.17. The van der Waals surface area contributed by atoms with Crippen molar-refractivity contribution in [3.8, 4) is 0 Å². The van der Waals surface area contributed by atoms with Gasteiger partial charge in [-0.25, -0.2) is 0 Å². The van der Waals surface area contributed by atoms with Crippen molar-refractivity contribution < 1.29 is 19.2 Å². The number of nitro benzene ring substituents is 1. The molecule has 8 heteroatoms. The van der Waals surface area contributed by atoms with E-state index in [-0.39, 0.29) is 24.0 Å². The number of rotatable bonds is 8. The topological polar surface area (TPSA) is 98.5 Å². The van der Waals surface area contributed by atoms with Crippen LogP contribution >= 0.6 is 11.8 Å². The minimum atomic E-state index is -0.508. The van der Waals surface area contributed by atoms with Crippen LogP contribution in [-0.4, -0.2) is 27.8 Å². The van der Waals surface area contributed by atoms with E-state index in [1.165, 1.54) is 36.0 Å². The summed E-state index contributed by atoms with van der Waals surface area (Å²) in [6.07, 6.45) is 0. The lowest BCUT2D eigenvalue weighted by atomic mass is 10.2. The first kappa shape index (κ1) is 20.4. The van der Waals surface area contributed by atoms with Gasteiger partial charge in [-0.1, -0.05) is 17.7 Å². The molecule has 0 aliphatic heterocycles. The van der Waals surface area contributed by atoms with Crippen molar-refractivity contribution in [3.63, 3.8) is 0 Å². The van der Waals surface area contributed by atoms with Crippen molar-refractivity contribution in [3.05, 3.63) is 69.8 Å². The van der Waals surface area contributed by atoms with Gasteiger partial charge < -0.3 is 10.1 Å². The normalized spacial score (nSPS) is 11.5. The van der Waals surface area contributed by atoms with Gasteiger partial charge in [-0.2, -0.15) is 0 Å². The number of nitrogens with zero attached hydrogens (tertiary/aromatic N) is 1. The number of thioether (sulfide) groups is 1. The summed E-state index contributed by atoms with van der Waals surface area (Å²) in [6, 6.07) is 13.2. The number of esters is 1. The minimum absolute atomic E-state index is 0.0198. The summed E-state index contributed by atoms with van der Waals surface area (Å²) >= 11 is 1.18.